The highest BCUT2D eigenvalue weighted by atomic mass is 16.5. The van der Waals surface area contributed by atoms with E-state index < -0.39 is 11.8 Å². The molecule has 0 aromatic carbocycles. The highest BCUT2D eigenvalue weighted by molar-refractivity contribution is 5.96. The molecule has 2 aromatic heterocycles. The smallest absolute Gasteiger partial charge is 0.273 e. The van der Waals surface area contributed by atoms with E-state index in [4.69, 9.17) is 9.15 Å². The third kappa shape index (κ3) is 4.58. The maximum absolute atomic E-state index is 12.4. The van der Waals surface area contributed by atoms with Gasteiger partial charge in [0.05, 0.1) is 25.0 Å². The van der Waals surface area contributed by atoms with Crippen LogP contribution >= 0.6 is 0 Å². The molecule has 3 heterocycles. The zero-order valence-electron chi connectivity index (χ0n) is 15.8. The number of hydrogen-bond acceptors (Lipinski definition) is 7. The minimum atomic E-state index is -0.467. The molecule has 10 nitrogen and oxygen atoms in total. The Morgan fingerprint density at radius 1 is 1.25 bits per heavy atom. The summed E-state index contributed by atoms with van der Waals surface area (Å²) in [7, 11) is 0. The molecule has 0 unspecified atom stereocenters. The van der Waals surface area contributed by atoms with E-state index in [1.165, 1.54) is 12.3 Å². The topological polar surface area (TPSA) is 130 Å². The number of aromatic nitrogens is 2. The molecule has 1 aliphatic rings. The van der Waals surface area contributed by atoms with Crippen LogP contribution < -0.4 is 21.3 Å². The molecule has 2 amide bonds. The predicted octanol–water partition coefficient (Wildman–Crippen LogP) is 0.210. The van der Waals surface area contributed by atoms with Crippen molar-refractivity contribution in [2.24, 2.45) is 0 Å². The van der Waals surface area contributed by atoms with E-state index in [0.29, 0.717) is 54.8 Å². The summed E-state index contributed by atoms with van der Waals surface area (Å²) in [5.74, 6) is 0.0952. The number of hydrogen-bond donors (Lipinski definition) is 3. The number of hydrazine groups is 1. The van der Waals surface area contributed by atoms with Crippen molar-refractivity contribution in [1.29, 1.82) is 0 Å². The van der Waals surface area contributed by atoms with Gasteiger partial charge < -0.3 is 14.1 Å². The van der Waals surface area contributed by atoms with Gasteiger partial charge in [-0.1, -0.05) is 0 Å². The average Bonchev–Trinajstić information content (AvgIpc) is 3.12. The van der Waals surface area contributed by atoms with Crippen molar-refractivity contribution in [3.63, 3.8) is 0 Å². The number of aryl methyl sites for hydroxylation is 2. The van der Waals surface area contributed by atoms with Gasteiger partial charge in [-0.05, 0) is 26.3 Å². The first-order chi connectivity index (χ1) is 13.5. The van der Waals surface area contributed by atoms with Gasteiger partial charge in [0, 0.05) is 30.8 Å². The molecule has 150 valence electrons. The second-order valence-electron chi connectivity index (χ2n) is 6.45. The molecule has 0 bridgehead atoms. The number of nitrogens with one attached hydrogen (secondary N) is 3. The summed E-state index contributed by atoms with van der Waals surface area (Å²) in [6.45, 7) is 5.92. The minimum Gasteiger partial charge on any atom is -0.469 e. The molecule has 10 heteroatoms. The summed E-state index contributed by atoms with van der Waals surface area (Å²) in [6, 6.07) is 1.52. The zero-order valence-corrected chi connectivity index (χ0v) is 15.8. The van der Waals surface area contributed by atoms with E-state index in [1.54, 1.807) is 13.8 Å². The molecule has 1 saturated heterocycles. The van der Waals surface area contributed by atoms with Crippen molar-refractivity contribution in [2.75, 3.05) is 31.2 Å². The van der Waals surface area contributed by atoms with Crippen LogP contribution in [0.1, 0.15) is 33.8 Å². The number of amides is 2. The Hall–Kier alpha value is -3.14. The van der Waals surface area contributed by atoms with E-state index in [1.807, 2.05) is 4.90 Å². The molecule has 0 saturated carbocycles. The number of furan rings is 1. The van der Waals surface area contributed by atoms with Crippen LogP contribution in [0.15, 0.2) is 21.5 Å². The Morgan fingerprint density at radius 3 is 2.64 bits per heavy atom. The Morgan fingerprint density at radius 2 is 2.00 bits per heavy atom. The van der Waals surface area contributed by atoms with Gasteiger partial charge in [-0.25, -0.2) is 4.98 Å². The normalized spacial score (nSPS) is 14.0. The molecule has 3 N–H and O–H groups in total. The summed E-state index contributed by atoms with van der Waals surface area (Å²) >= 11 is 0. The lowest BCUT2D eigenvalue weighted by Crippen LogP contribution is -2.42. The van der Waals surface area contributed by atoms with Crippen molar-refractivity contribution in [3.05, 3.63) is 45.3 Å². The molecule has 0 atom stereocenters. The van der Waals surface area contributed by atoms with Crippen LogP contribution in [0.3, 0.4) is 0 Å². The second-order valence-corrected chi connectivity index (χ2v) is 6.45. The fourth-order valence-electron chi connectivity index (χ4n) is 2.93. The standard InChI is InChI=1S/C18H23N5O5/c1-11-13(16(25)20-18(19-11)23-6-9-27-10-7-23)3-4-15(24)21-22-17(26)14-5-8-28-12(14)2/h5,8H,3-4,6-7,9-10H2,1-2H3,(H,21,24)(H,22,26)(H,19,20,25). The van der Waals surface area contributed by atoms with Gasteiger partial charge in [0.25, 0.3) is 11.5 Å². The van der Waals surface area contributed by atoms with Crippen LogP contribution in [-0.4, -0.2) is 48.1 Å². The SMILES string of the molecule is Cc1nc(N2CCOCC2)[nH]c(=O)c1CCC(=O)NNC(=O)c1ccoc1C. The Bertz CT molecular complexity index is 913. The lowest BCUT2D eigenvalue weighted by Gasteiger charge is -2.27. The third-order valence-corrected chi connectivity index (χ3v) is 4.54. The molecule has 0 aliphatic carbocycles. The first kappa shape index (κ1) is 19.6. The number of carbonyl (C=O) groups is 2. The molecule has 0 spiro atoms. The molecule has 3 rings (SSSR count). The summed E-state index contributed by atoms with van der Waals surface area (Å²) in [5.41, 5.74) is 5.77. The Balaban J connectivity index is 1.55. The van der Waals surface area contributed by atoms with Crippen molar-refractivity contribution < 1.29 is 18.7 Å². The number of anilines is 1. The molecular weight excluding hydrogens is 366 g/mol. The molecule has 1 aliphatic heterocycles. The van der Waals surface area contributed by atoms with Crippen LogP contribution in [0.2, 0.25) is 0 Å². The average molecular weight is 389 g/mol. The van der Waals surface area contributed by atoms with Gasteiger partial charge in [0.2, 0.25) is 11.9 Å². The maximum Gasteiger partial charge on any atom is 0.273 e. The van der Waals surface area contributed by atoms with Crippen LogP contribution in [-0.2, 0) is 16.0 Å². The van der Waals surface area contributed by atoms with Crippen molar-refractivity contribution in [3.8, 4) is 0 Å². The maximum atomic E-state index is 12.4. The van der Waals surface area contributed by atoms with Crippen molar-refractivity contribution >= 4 is 17.8 Å². The van der Waals surface area contributed by atoms with Crippen molar-refractivity contribution in [2.45, 2.75) is 26.7 Å². The summed E-state index contributed by atoms with van der Waals surface area (Å²) in [4.78, 5) is 45.5. The van der Waals surface area contributed by atoms with E-state index in [9.17, 15) is 14.4 Å². The number of ether oxygens (including phenoxy) is 1. The first-order valence-corrected chi connectivity index (χ1v) is 9.01. The third-order valence-electron chi connectivity index (χ3n) is 4.54. The van der Waals surface area contributed by atoms with Crippen LogP contribution in [0.5, 0.6) is 0 Å². The molecular formula is C18H23N5O5. The minimum absolute atomic E-state index is 0.0349. The summed E-state index contributed by atoms with van der Waals surface area (Å²) in [5, 5.41) is 0. The largest absolute Gasteiger partial charge is 0.469 e. The van der Waals surface area contributed by atoms with E-state index in [-0.39, 0.29) is 18.4 Å². The number of carbonyl (C=O) groups excluding carboxylic acids is 2. The quantitative estimate of drug-likeness (QED) is 0.623. The fourth-order valence-corrected chi connectivity index (χ4v) is 2.93. The lowest BCUT2D eigenvalue weighted by molar-refractivity contribution is -0.121. The lowest BCUT2D eigenvalue weighted by atomic mass is 10.1. The number of nitrogens with zero attached hydrogens (tertiary/aromatic N) is 2. The molecule has 0 radical (unpaired) electrons. The zero-order chi connectivity index (χ0) is 20.1. The number of morpholine rings is 1. The summed E-state index contributed by atoms with van der Waals surface area (Å²) < 4.78 is 10.3. The van der Waals surface area contributed by atoms with Gasteiger partial charge in [0.15, 0.2) is 0 Å². The Labute approximate surface area is 161 Å². The second kappa shape index (κ2) is 8.70. The summed E-state index contributed by atoms with van der Waals surface area (Å²) in [6.07, 6.45) is 1.64. The predicted molar refractivity (Wildman–Crippen MR) is 100 cm³/mol. The van der Waals surface area contributed by atoms with Crippen molar-refractivity contribution in [1.82, 2.24) is 20.8 Å². The number of rotatable bonds is 5. The fraction of sp³-hybridized carbons (Fsp3) is 0.444. The number of aromatic amines is 1. The van der Waals surface area contributed by atoms with Gasteiger partial charge in [-0.3, -0.25) is 30.2 Å². The Kier molecular flexibility index (Phi) is 6.09. The van der Waals surface area contributed by atoms with Crippen LogP contribution in [0.25, 0.3) is 0 Å². The van der Waals surface area contributed by atoms with Gasteiger partial charge in [0.1, 0.15) is 5.76 Å². The van der Waals surface area contributed by atoms with Crippen LogP contribution in [0.4, 0.5) is 5.95 Å². The van der Waals surface area contributed by atoms with E-state index >= 15 is 0 Å². The molecule has 28 heavy (non-hydrogen) atoms. The highest BCUT2D eigenvalue weighted by Gasteiger charge is 2.17. The van der Waals surface area contributed by atoms with Gasteiger partial charge in [-0.2, -0.15) is 0 Å². The van der Waals surface area contributed by atoms with E-state index in [0.717, 1.165) is 0 Å². The monoisotopic (exact) mass is 389 g/mol. The highest BCUT2D eigenvalue weighted by Crippen LogP contribution is 2.11. The van der Waals surface area contributed by atoms with Crippen LogP contribution in [0, 0.1) is 13.8 Å². The number of H-pyrrole nitrogens is 1. The van der Waals surface area contributed by atoms with Gasteiger partial charge in [-0.15, -0.1) is 0 Å². The molecule has 1 fully saturated rings. The first-order valence-electron chi connectivity index (χ1n) is 9.01. The van der Waals surface area contributed by atoms with Gasteiger partial charge >= 0.3 is 0 Å². The molecule has 2 aromatic rings. The van der Waals surface area contributed by atoms with E-state index in [2.05, 4.69) is 20.8 Å².